The Kier molecular flexibility index (Phi) is 1.98. The molecule has 0 spiro atoms. The lowest BCUT2D eigenvalue weighted by Crippen LogP contribution is -2.44. The lowest BCUT2D eigenvalue weighted by molar-refractivity contribution is -0.135. The Bertz CT molecular complexity index is 377. The first kappa shape index (κ1) is 10.6. The Labute approximate surface area is 98.3 Å². The van der Waals surface area contributed by atoms with Crippen LogP contribution in [0, 0.1) is 35.0 Å². The van der Waals surface area contributed by atoms with Crippen molar-refractivity contribution in [2.24, 2.45) is 35.0 Å². The molecule has 16 heavy (non-hydrogen) atoms. The first-order valence-electron chi connectivity index (χ1n) is 6.64. The highest BCUT2D eigenvalue weighted by Crippen LogP contribution is 2.63. The van der Waals surface area contributed by atoms with Crippen LogP contribution in [0.3, 0.4) is 0 Å². The molecule has 0 aliphatic heterocycles. The van der Waals surface area contributed by atoms with Gasteiger partial charge in [0.1, 0.15) is 5.78 Å². The maximum Gasteiger partial charge on any atom is 0.139 e. The summed E-state index contributed by atoms with van der Waals surface area (Å²) in [5.74, 6) is 4.01. The van der Waals surface area contributed by atoms with Crippen molar-refractivity contribution in [2.75, 3.05) is 0 Å². The van der Waals surface area contributed by atoms with E-state index in [0.717, 1.165) is 18.3 Å². The number of rotatable bonds is 0. The van der Waals surface area contributed by atoms with Crippen LogP contribution >= 0.6 is 0 Å². The molecule has 0 aromatic heterocycles. The molecular weight excluding hydrogens is 196 g/mol. The Morgan fingerprint density at radius 1 is 1.31 bits per heavy atom. The maximum absolute atomic E-state index is 12.2. The fraction of sp³-hybridized carbons (Fsp3) is 0.800. The van der Waals surface area contributed by atoms with Crippen molar-refractivity contribution in [3.63, 3.8) is 0 Å². The smallest absolute Gasteiger partial charge is 0.139 e. The number of carbonyl (C=O) groups is 1. The van der Waals surface area contributed by atoms with Gasteiger partial charge in [0.25, 0.3) is 0 Å². The van der Waals surface area contributed by atoms with Crippen LogP contribution < -0.4 is 0 Å². The zero-order valence-corrected chi connectivity index (χ0v) is 10.8. The fourth-order valence-electron chi connectivity index (χ4n) is 4.90. The second-order valence-corrected chi connectivity index (χ2v) is 6.77. The third-order valence-corrected chi connectivity index (χ3v) is 5.87. The van der Waals surface area contributed by atoms with Gasteiger partial charge in [-0.25, -0.2) is 0 Å². The molecule has 2 fully saturated rings. The van der Waals surface area contributed by atoms with Gasteiger partial charge in [-0.05, 0) is 42.9 Å². The summed E-state index contributed by atoms with van der Waals surface area (Å²) in [5, 5.41) is 0. The van der Waals surface area contributed by atoms with E-state index in [9.17, 15) is 4.79 Å². The second kappa shape index (κ2) is 3.00. The van der Waals surface area contributed by atoms with Crippen LogP contribution in [0.1, 0.15) is 40.5 Å². The highest BCUT2D eigenvalue weighted by molar-refractivity contribution is 5.86. The standard InChI is InChI=1S/C15H22O/c1-8-5-6-10-9(2)11-7-12(16)15(3,4)14(10)13(8)11/h5,9-11,13-14H,6-7H2,1-4H3/t9-,10+,11+,13-,14-/m1/s1. The zero-order valence-electron chi connectivity index (χ0n) is 10.8. The third kappa shape index (κ3) is 1.05. The number of hydrogen-bond donors (Lipinski definition) is 0. The van der Waals surface area contributed by atoms with Gasteiger partial charge in [0.05, 0.1) is 0 Å². The molecule has 0 aromatic rings. The van der Waals surface area contributed by atoms with Gasteiger partial charge in [-0.3, -0.25) is 4.79 Å². The second-order valence-electron chi connectivity index (χ2n) is 6.77. The van der Waals surface area contributed by atoms with Crippen molar-refractivity contribution in [2.45, 2.75) is 40.5 Å². The van der Waals surface area contributed by atoms with Gasteiger partial charge in [-0.15, -0.1) is 0 Å². The van der Waals surface area contributed by atoms with Crippen LogP contribution in [-0.4, -0.2) is 5.78 Å². The molecule has 5 atom stereocenters. The number of hydrogen-bond acceptors (Lipinski definition) is 1. The molecule has 0 amide bonds. The van der Waals surface area contributed by atoms with E-state index in [1.807, 2.05) is 0 Å². The molecule has 88 valence electrons. The lowest BCUT2D eigenvalue weighted by atomic mass is 9.58. The lowest BCUT2D eigenvalue weighted by Gasteiger charge is -2.45. The van der Waals surface area contributed by atoms with E-state index in [2.05, 4.69) is 33.8 Å². The molecule has 0 radical (unpaired) electrons. The van der Waals surface area contributed by atoms with Crippen LogP contribution in [0.4, 0.5) is 0 Å². The first-order chi connectivity index (χ1) is 7.44. The van der Waals surface area contributed by atoms with E-state index in [1.165, 1.54) is 6.42 Å². The van der Waals surface area contributed by atoms with Crippen molar-refractivity contribution in [3.05, 3.63) is 11.6 Å². The molecule has 0 aromatic carbocycles. The number of ketones is 1. The molecule has 3 aliphatic carbocycles. The molecule has 0 N–H and O–H groups in total. The van der Waals surface area contributed by atoms with E-state index in [-0.39, 0.29) is 5.41 Å². The maximum atomic E-state index is 12.2. The Morgan fingerprint density at radius 2 is 2.00 bits per heavy atom. The normalized spacial score (nSPS) is 49.1. The van der Waals surface area contributed by atoms with Crippen molar-refractivity contribution in [3.8, 4) is 0 Å². The van der Waals surface area contributed by atoms with Gasteiger partial charge >= 0.3 is 0 Å². The molecule has 4 bridgehead atoms. The molecule has 0 unspecified atom stereocenters. The molecule has 3 aliphatic rings. The number of allylic oxidation sites excluding steroid dienone is 2. The van der Waals surface area contributed by atoms with Gasteiger partial charge in [-0.2, -0.15) is 0 Å². The van der Waals surface area contributed by atoms with E-state index in [4.69, 9.17) is 0 Å². The third-order valence-electron chi connectivity index (χ3n) is 5.87. The quantitative estimate of drug-likeness (QED) is 0.569. The summed E-state index contributed by atoms with van der Waals surface area (Å²) >= 11 is 0. The minimum Gasteiger partial charge on any atom is -0.299 e. The van der Waals surface area contributed by atoms with Crippen molar-refractivity contribution in [1.29, 1.82) is 0 Å². The molecule has 0 saturated heterocycles. The summed E-state index contributed by atoms with van der Waals surface area (Å²) in [6.07, 6.45) is 4.48. The Balaban J connectivity index is 2.12. The Morgan fingerprint density at radius 3 is 2.69 bits per heavy atom. The van der Waals surface area contributed by atoms with Gasteiger partial charge < -0.3 is 0 Å². The van der Waals surface area contributed by atoms with Crippen LogP contribution in [0.2, 0.25) is 0 Å². The van der Waals surface area contributed by atoms with Crippen LogP contribution in [-0.2, 0) is 4.79 Å². The van der Waals surface area contributed by atoms with Crippen molar-refractivity contribution >= 4 is 5.78 Å². The predicted octanol–water partition coefficient (Wildman–Crippen LogP) is 3.45. The summed E-state index contributed by atoms with van der Waals surface area (Å²) in [6, 6.07) is 0. The topological polar surface area (TPSA) is 17.1 Å². The average molecular weight is 218 g/mol. The predicted molar refractivity (Wildman–Crippen MR) is 64.9 cm³/mol. The monoisotopic (exact) mass is 218 g/mol. The minimum atomic E-state index is -0.0773. The molecular formula is C15H22O. The van der Waals surface area contributed by atoms with Crippen molar-refractivity contribution < 1.29 is 4.79 Å². The summed E-state index contributed by atoms with van der Waals surface area (Å²) in [7, 11) is 0. The summed E-state index contributed by atoms with van der Waals surface area (Å²) in [6.45, 7) is 9.04. The summed E-state index contributed by atoms with van der Waals surface area (Å²) in [4.78, 5) is 12.2. The van der Waals surface area contributed by atoms with Gasteiger partial charge in [-0.1, -0.05) is 32.4 Å². The molecule has 2 saturated carbocycles. The SMILES string of the molecule is CC1=CC[C@H]2[C@@H](C)[C@@H]3CC(=O)C(C)(C)[C@H]2[C@H]13. The van der Waals surface area contributed by atoms with E-state index < -0.39 is 0 Å². The van der Waals surface area contributed by atoms with E-state index in [1.54, 1.807) is 5.57 Å². The highest BCUT2D eigenvalue weighted by Gasteiger charge is 2.61. The van der Waals surface area contributed by atoms with E-state index in [0.29, 0.717) is 23.5 Å². The van der Waals surface area contributed by atoms with Gasteiger partial charge in [0, 0.05) is 11.8 Å². The van der Waals surface area contributed by atoms with Gasteiger partial charge in [0.15, 0.2) is 0 Å². The summed E-state index contributed by atoms with van der Waals surface area (Å²) in [5.41, 5.74) is 1.49. The zero-order chi connectivity index (χ0) is 11.7. The fourth-order valence-corrected chi connectivity index (χ4v) is 4.90. The highest BCUT2D eigenvalue weighted by atomic mass is 16.1. The first-order valence-corrected chi connectivity index (χ1v) is 6.64. The molecule has 0 heterocycles. The van der Waals surface area contributed by atoms with Crippen molar-refractivity contribution in [1.82, 2.24) is 0 Å². The number of Topliss-reactive ketones (excluding diaryl/α,β-unsaturated/α-hetero) is 1. The molecule has 3 rings (SSSR count). The van der Waals surface area contributed by atoms with Gasteiger partial charge in [0.2, 0.25) is 0 Å². The largest absolute Gasteiger partial charge is 0.299 e. The minimum absolute atomic E-state index is 0.0773. The molecule has 1 nitrogen and oxygen atoms in total. The molecule has 1 heteroatoms. The summed E-state index contributed by atoms with van der Waals surface area (Å²) < 4.78 is 0. The Hall–Kier alpha value is -0.590. The van der Waals surface area contributed by atoms with Crippen LogP contribution in [0.5, 0.6) is 0 Å². The van der Waals surface area contributed by atoms with Crippen LogP contribution in [0.15, 0.2) is 11.6 Å². The van der Waals surface area contributed by atoms with E-state index >= 15 is 0 Å². The number of carbonyl (C=O) groups excluding carboxylic acids is 1. The van der Waals surface area contributed by atoms with Crippen LogP contribution in [0.25, 0.3) is 0 Å². The average Bonchev–Trinajstić information content (AvgIpc) is 2.40.